The molecule has 0 saturated carbocycles. The molecular formula is C33H35N7O5. The zero-order valence-corrected chi connectivity index (χ0v) is 24.8. The predicted molar refractivity (Wildman–Crippen MR) is 169 cm³/mol. The highest BCUT2D eigenvalue weighted by Gasteiger charge is 2.31. The first-order chi connectivity index (χ1) is 21.4. The zero-order valence-electron chi connectivity index (χ0n) is 24.8. The third kappa shape index (κ3) is 5.74. The molecule has 232 valence electrons. The Hall–Kier alpha value is -5.52. The molecule has 0 aliphatic carbocycles. The molecule has 45 heavy (non-hydrogen) atoms. The number of piperidine rings is 1. The number of likely N-dealkylation sites (tertiary alicyclic amines) is 1. The van der Waals surface area contributed by atoms with E-state index in [2.05, 4.69) is 25.0 Å². The minimum absolute atomic E-state index is 0. The number of rotatable bonds is 8. The second kappa shape index (κ2) is 13.0. The van der Waals surface area contributed by atoms with Crippen LogP contribution in [-0.4, -0.2) is 80.7 Å². The molecule has 0 radical (unpaired) electrons. The van der Waals surface area contributed by atoms with Gasteiger partial charge < -0.3 is 24.1 Å². The van der Waals surface area contributed by atoms with Crippen LogP contribution in [0.25, 0.3) is 22.3 Å². The lowest BCUT2D eigenvalue weighted by Gasteiger charge is -2.30. The van der Waals surface area contributed by atoms with Gasteiger partial charge in [-0.3, -0.25) is 9.59 Å². The van der Waals surface area contributed by atoms with Crippen LogP contribution < -0.4 is 14.2 Å². The first kappa shape index (κ1) is 30.9. The molecule has 0 bridgehead atoms. The molecule has 1 N–H and O–H groups in total. The molecule has 1 aliphatic heterocycles. The fourth-order valence-electron chi connectivity index (χ4n) is 5.59. The lowest BCUT2D eigenvalue weighted by Crippen LogP contribution is -2.40. The van der Waals surface area contributed by atoms with Gasteiger partial charge in [0.2, 0.25) is 11.8 Å². The third-order valence-corrected chi connectivity index (χ3v) is 7.71. The van der Waals surface area contributed by atoms with E-state index in [1.165, 1.54) is 30.5 Å². The van der Waals surface area contributed by atoms with Crippen molar-refractivity contribution in [2.75, 3.05) is 34.4 Å². The Kier molecular flexibility index (Phi) is 8.93. The van der Waals surface area contributed by atoms with Gasteiger partial charge in [-0.15, -0.1) is 0 Å². The number of carbonyl (C=O) groups is 2. The SMILES string of the molecule is C.COc1ccc(C(=C2CCN(C(=O)C(=O)c3c[nH]c4c(-n5cnc(C)n5)ncc(OC)c34)CC2)c2ccccc2)c(OC)n1. The van der Waals surface area contributed by atoms with Crippen LogP contribution in [0, 0.1) is 6.92 Å². The van der Waals surface area contributed by atoms with E-state index in [4.69, 9.17) is 14.2 Å². The van der Waals surface area contributed by atoms with Gasteiger partial charge in [-0.1, -0.05) is 43.3 Å². The number of nitrogens with zero attached hydrogens (tertiary/aromatic N) is 6. The fourth-order valence-corrected chi connectivity index (χ4v) is 5.59. The minimum Gasteiger partial charge on any atom is -0.494 e. The Morgan fingerprint density at radius 3 is 2.31 bits per heavy atom. The number of ketones is 1. The molecule has 6 rings (SSSR count). The molecule has 12 heteroatoms. The van der Waals surface area contributed by atoms with Gasteiger partial charge in [-0.25, -0.2) is 14.6 Å². The summed E-state index contributed by atoms with van der Waals surface area (Å²) in [4.78, 5) is 45.1. The summed E-state index contributed by atoms with van der Waals surface area (Å²) in [7, 11) is 4.64. The van der Waals surface area contributed by atoms with E-state index in [9.17, 15) is 9.59 Å². The van der Waals surface area contributed by atoms with Gasteiger partial charge in [0.15, 0.2) is 5.82 Å². The van der Waals surface area contributed by atoms with E-state index in [-0.39, 0.29) is 13.0 Å². The topological polar surface area (TPSA) is 137 Å². The van der Waals surface area contributed by atoms with Crippen LogP contribution in [0.3, 0.4) is 0 Å². The number of fused-ring (bicyclic) bond motifs is 1. The van der Waals surface area contributed by atoms with Crippen molar-refractivity contribution in [3.8, 4) is 23.3 Å². The van der Waals surface area contributed by atoms with Crippen molar-refractivity contribution in [1.29, 1.82) is 0 Å². The quantitative estimate of drug-likeness (QED) is 0.194. The number of amides is 1. The lowest BCUT2D eigenvalue weighted by molar-refractivity contribution is -0.126. The number of nitrogens with one attached hydrogen (secondary N) is 1. The summed E-state index contributed by atoms with van der Waals surface area (Å²) < 4.78 is 18.0. The van der Waals surface area contributed by atoms with Crippen molar-refractivity contribution in [2.24, 2.45) is 0 Å². The van der Waals surface area contributed by atoms with Crippen molar-refractivity contribution >= 4 is 28.2 Å². The van der Waals surface area contributed by atoms with E-state index in [1.807, 2.05) is 36.4 Å². The van der Waals surface area contributed by atoms with E-state index in [0.717, 1.165) is 22.3 Å². The van der Waals surface area contributed by atoms with E-state index in [1.54, 1.807) is 32.1 Å². The summed E-state index contributed by atoms with van der Waals surface area (Å²) in [5.74, 6) is 1.09. The predicted octanol–water partition coefficient (Wildman–Crippen LogP) is 4.82. The number of hydrogen-bond donors (Lipinski definition) is 1. The molecule has 1 saturated heterocycles. The molecule has 0 spiro atoms. The van der Waals surface area contributed by atoms with Gasteiger partial charge in [0.1, 0.15) is 17.9 Å². The van der Waals surface area contributed by atoms with Gasteiger partial charge in [-0.05, 0) is 37.0 Å². The number of hydrogen-bond acceptors (Lipinski definition) is 9. The van der Waals surface area contributed by atoms with Crippen LogP contribution in [-0.2, 0) is 4.79 Å². The maximum atomic E-state index is 13.7. The fraction of sp³-hybridized carbons (Fsp3) is 0.273. The Labute approximate surface area is 260 Å². The van der Waals surface area contributed by atoms with Crippen LogP contribution >= 0.6 is 0 Å². The van der Waals surface area contributed by atoms with Gasteiger partial charge in [-0.2, -0.15) is 10.1 Å². The number of Topliss-reactive ketones (excluding diaryl/α,β-unsaturated/α-hetero) is 1. The monoisotopic (exact) mass is 609 g/mol. The summed E-state index contributed by atoms with van der Waals surface area (Å²) in [6, 6.07) is 13.8. The molecule has 1 fully saturated rings. The van der Waals surface area contributed by atoms with Gasteiger partial charge in [0, 0.05) is 30.9 Å². The number of carbonyl (C=O) groups excluding carboxylic acids is 2. The largest absolute Gasteiger partial charge is 0.494 e. The first-order valence-electron chi connectivity index (χ1n) is 14.1. The number of aromatic amines is 1. The number of pyridine rings is 2. The molecular weight excluding hydrogens is 574 g/mol. The van der Waals surface area contributed by atoms with E-state index < -0.39 is 11.7 Å². The average molecular weight is 610 g/mol. The number of benzene rings is 1. The van der Waals surface area contributed by atoms with E-state index >= 15 is 0 Å². The zero-order chi connectivity index (χ0) is 30.8. The van der Waals surface area contributed by atoms with Gasteiger partial charge in [0.05, 0.1) is 44.0 Å². The molecule has 4 aromatic heterocycles. The lowest BCUT2D eigenvalue weighted by atomic mass is 9.88. The second-order valence-corrected chi connectivity index (χ2v) is 10.2. The summed E-state index contributed by atoms with van der Waals surface area (Å²) in [5.41, 5.74) is 4.72. The molecule has 5 heterocycles. The number of aromatic nitrogens is 6. The number of aryl methyl sites for hydroxylation is 1. The highest BCUT2D eigenvalue weighted by atomic mass is 16.5. The van der Waals surface area contributed by atoms with Crippen molar-refractivity contribution in [1.82, 2.24) is 34.6 Å². The molecule has 1 aliphatic rings. The number of ether oxygens (including phenoxy) is 3. The third-order valence-electron chi connectivity index (χ3n) is 7.71. The average Bonchev–Trinajstić information content (AvgIpc) is 3.71. The van der Waals surface area contributed by atoms with Crippen LogP contribution in [0.5, 0.6) is 17.5 Å². The minimum atomic E-state index is -0.627. The Morgan fingerprint density at radius 2 is 1.67 bits per heavy atom. The van der Waals surface area contributed by atoms with Crippen molar-refractivity contribution in [3.05, 3.63) is 89.3 Å². The Bertz CT molecular complexity index is 1880. The maximum absolute atomic E-state index is 13.7. The summed E-state index contributed by atoms with van der Waals surface area (Å²) >= 11 is 0. The smallest absolute Gasteiger partial charge is 0.295 e. The molecule has 0 atom stereocenters. The van der Waals surface area contributed by atoms with Crippen molar-refractivity contribution < 1.29 is 23.8 Å². The number of H-pyrrole nitrogens is 1. The Morgan fingerprint density at radius 1 is 0.911 bits per heavy atom. The summed E-state index contributed by atoms with van der Waals surface area (Å²) in [6.45, 7) is 2.53. The molecule has 1 aromatic carbocycles. The molecule has 0 unspecified atom stereocenters. The van der Waals surface area contributed by atoms with Crippen LogP contribution in [0.2, 0.25) is 0 Å². The standard InChI is InChI=1S/C32H31N7O5.CH4/c1-19-35-18-39(37-19)30-28-27(24(42-2)17-34-30)23(16-33-28)29(40)32(41)38-14-12-21(13-15-38)26(20-8-6-5-7-9-20)22-10-11-25(43-3)36-31(22)44-4;/h5-11,16-18,33H,12-15H2,1-4H3;1H4. The first-order valence-corrected chi connectivity index (χ1v) is 14.1. The van der Waals surface area contributed by atoms with Crippen LogP contribution in [0.15, 0.2) is 66.8 Å². The van der Waals surface area contributed by atoms with Gasteiger partial charge in [0.25, 0.3) is 11.7 Å². The normalized spacial score (nSPS) is 12.9. The maximum Gasteiger partial charge on any atom is 0.295 e. The molecule has 5 aromatic rings. The van der Waals surface area contributed by atoms with Gasteiger partial charge >= 0.3 is 0 Å². The number of methoxy groups -OCH3 is 3. The molecule has 12 nitrogen and oxygen atoms in total. The molecule has 1 amide bonds. The van der Waals surface area contributed by atoms with Crippen molar-refractivity contribution in [2.45, 2.75) is 27.2 Å². The summed E-state index contributed by atoms with van der Waals surface area (Å²) in [5, 5.41) is 4.80. The highest BCUT2D eigenvalue weighted by Crippen LogP contribution is 2.37. The Balaban J connectivity index is 0.00000400. The van der Waals surface area contributed by atoms with Crippen molar-refractivity contribution in [3.63, 3.8) is 0 Å². The van der Waals surface area contributed by atoms with Crippen LogP contribution in [0.1, 0.15) is 47.6 Å². The second-order valence-electron chi connectivity index (χ2n) is 10.2. The summed E-state index contributed by atoms with van der Waals surface area (Å²) in [6.07, 6.45) is 5.73. The van der Waals surface area contributed by atoms with Crippen LogP contribution in [0.4, 0.5) is 0 Å². The highest BCUT2D eigenvalue weighted by molar-refractivity contribution is 6.45. The van der Waals surface area contributed by atoms with E-state index in [0.29, 0.717) is 66.0 Å².